The summed E-state index contributed by atoms with van der Waals surface area (Å²) in [5.41, 5.74) is 5.74. The number of halogens is 2. The molecular weight excluding hydrogens is 231 g/mol. The van der Waals surface area contributed by atoms with Gasteiger partial charge in [-0.15, -0.1) is 0 Å². The second kappa shape index (κ2) is 4.37. The summed E-state index contributed by atoms with van der Waals surface area (Å²) in [7, 11) is 0. The number of nitrogen functional groups attached to an aromatic ring is 1. The molecule has 5 heteroatoms. The molecule has 0 saturated heterocycles. The Kier molecular flexibility index (Phi) is 2.92. The SMILES string of the molecule is Nc1ccc(Oc2ncccc2Cl)c(F)c1. The van der Waals surface area contributed by atoms with Crippen molar-refractivity contribution in [1.29, 1.82) is 0 Å². The van der Waals surface area contributed by atoms with Crippen molar-refractivity contribution in [3.8, 4) is 11.6 Å². The number of benzene rings is 1. The Bertz CT molecular complexity index is 519. The zero-order chi connectivity index (χ0) is 11.5. The molecule has 1 aromatic heterocycles. The molecule has 1 aromatic carbocycles. The minimum absolute atomic E-state index is 0.0369. The Morgan fingerprint density at radius 2 is 2.12 bits per heavy atom. The molecule has 3 nitrogen and oxygen atoms in total. The Morgan fingerprint density at radius 1 is 1.31 bits per heavy atom. The van der Waals surface area contributed by atoms with Crippen LogP contribution in [-0.4, -0.2) is 4.98 Å². The van der Waals surface area contributed by atoms with Crippen molar-refractivity contribution in [1.82, 2.24) is 4.98 Å². The van der Waals surface area contributed by atoms with E-state index in [0.717, 1.165) is 0 Å². The lowest BCUT2D eigenvalue weighted by molar-refractivity contribution is 0.428. The van der Waals surface area contributed by atoms with Crippen LogP contribution in [0.25, 0.3) is 0 Å². The summed E-state index contributed by atoms with van der Waals surface area (Å²) in [5, 5.41) is 0.318. The molecule has 82 valence electrons. The molecule has 0 unspecified atom stereocenters. The van der Waals surface area contributed by atoms with E-state index >= 15 is 0 Å². The number of anilines is 1. The molecule has 0 aliphatic rings. The lowest BCUT2D eigenvalue weighted by Gasteiger charge is -2.07. The van der Waals surface area contributed by atoms with Crippen molar-refractivity contribution in [2.45, 2.75) is 0 Å². The first-order valence-corrected chi connectivity index (χ1v) is 4.88. The summed E-state index contributed by atoms with van der Waals surface area (Å²) in [6.45, 7) is 0. The zero-order valence-corrected chi connectivity index (χ0v) is 8.91. The summed E-state index contributed by atoms with van der Waals surface area (Å²) >= 11 is 5.82. The van der Waals surface area contributed by atoms with Gasteiger partial charge < -0.3 is 10.5 Å². The van der Waals surface area contributed by atoms with E-state index < -0.39 is 5.82 Å². The van der Waals surface area contributed by atoms with E-state index in [0.29, 0.717) is 10.7 Å². The molecule has 0 amide bonds. The summed E-state index contributed by atoms with van der Waals surface area (Å²) in [6, 6.07) is 7.41. The summed E-state index contributed by atoms with van der Waals surface area (Å²) in [4.78, 5) is 3.89. The topological polar surface area (TPSA) is 48.1 Å². The number of pyridine rings is 1. The average molecular weight is 239 g/mol. The largest absolute Gasteiger partial charge is 0.434 e. The molecule has 2 aromatic rings. The molecule has 0 radical (unpaired) electrons. The molecule has 0 fully saturated rings. The van der Waals surface area contributed by atoms with Gasteiger partial charge in [-0.25, -0.2) is 9.37 Å². The number of nitrogens with zero attached hydrogens (tertiary/aromatic N) is 1. The third-order valence-electron chi connectivity index (χ3n) is 1.89. The number of hydrogen-bond acceptors (Lipinski definition) is 3. The van der Waals surface area contributed by atoms with Crippen LogP contribution in [0.4, 0.5) is 10.1 Å². The molecule has 0 aliphatic carbocycles. The first kappa shape index (κ1) is 10.7. The van der Waals surface area contributed by atoms with Crippen molar-refractivity contribution >= 4 is 17.3 Å². The zero-order valence-electron chi connectivity index (χ0n) is 8.15. The van der Waals surface area contributed by atoms with Gasteiger partial charge in [0.1, 0.15) is 5.02 Å². The van der Waals surface area contributed by atoms with Gasteiger partial charge in [0, 0.05) is 18.0 Å². The Morgan fingerprint density at radius 3 is 2.81 bits per heavy atom. The molecule has 2 rings (SSSR count). The van der Waals surface area contributed by atoms with Crippen molar-refractivity contribution < 1.29 is 9.13 Å². The first-order chi connectivity index (χ1) is 7.66. The predicted molar refractivity (Wildman–Crippen MR) is 60.1 cm³/mol. The van der Waals surface area contributed by atoms with Crippen LogP contribution in [0.15, 0.2) is 36.5 Å². The number of rotatable bonds is 2. The second-order valence-corrected chi connectivity index (χ2v) is 3.49. The van der Waals surface area contributed by atoms with Gasteiger partial charge in [0.05, 0.1) is 0 Å². The normalized spacial score (nSPS) is 10.1. The van der Waals surface area contributed by atoms with Gasteiger partial charge >= 0.3 is 0 Å². The van der Waals surface area contributed by atoms with Gasteiger partial charge in [-0.05, 0) is 24.3 Å². The highest BCUT2D eigenvalue weighted by molar-refractivity contribution is 6.31. The van der Waals surface area contributed by atoms with Crippen molar-refractivity contribution in [2.24, 2.45) is 0 Å². The van der Waals surface area contributed by atoms with Crippen LogP contribution < -0.4 is 10.5 Å². The predicted octanol–water partition coefficient (Wildman–Crippen LogP) is 3.25. The molecule has 1 heterocycles. The number of nitrogens with two attached hydrogens (primary N) is 1. The minimum atomic E-state index is -0.554. The highest BCUT2D eigenvalue weighted by Gasteiger charge is 2.08. The number of hydrogen-bond donors (Lipinski definition) is 1. The van der Waals surface area contributed by atoms with E-state index in [4.69, 9.17) is 22.1 Å². The van der Waals surface area contributed by atoms with Crippen LogP contribution in [-0.2, 0) is 0 Å². The minimum Gasteiger partial charge on any atom is -0.434 e. The van der Waals surface area contributed by atoms with E-state index in [1.807, 2.05) is 0 Å². The van der Waals surface area contributed by atoms with Gasteiger partial charge in [0.25, 0.3) is 0 Å². The van der Waals surface area contributed by atoms with Crippen LogP contribution in [0, 0.1) is 5.82 Å². The van der Waals surface area contributed by atoms with Crippen LogP contribution in [0.3, 0.4) is 0 Å². The molecule has 0 aliphatic heterocycles. The first-order valence-electron chi connectivity index (χ1n) is 4.50. The van der Waals surface area contributed by atoms with Crippen LogP contribution >= 0.6 is 11.6 Å². The third kappa shape index (κ3) is 2.23. The van der Waals surface area contributed by atoms with E-state index in [-0.39, 0.29) is 11.6 Å². The molecule has 0 atom stereocenters. The monoisotopic (exact) mass is 238 g/mol. The highest BCUT2D eigenvalue weighted by atomic mass is 35.5. The smallest absolute Gasteiger partial charge is 0.238 e. The molecular formula is C11H8ClFN2O. The Balaban J connectivity index is 2.31. The third-order valence-corrected chi connectivity index (χ3v) is 2.17. The standard InChI is InChI=1S/C11H8ClFN2O/c12-8-2-1-5-15-11(8)16-10-4-3-7(14)6-9(10)13/h1-6H,14H2. The van der Waals surface area contributed by atoms with Crippen LogP contribution in [0.5, 0.6) is 11.6 Å². The summed E-state index contributed by atoms with van der Waals surface area (Å²) < 4.78 is 18.6. The van der Waals surface area contributed by atoms with Gasteiger partial charge in [0.2, 0.25) is 5.88 Å². The van der Waals surface area contributed by atoms with E-state index in [1.54, 1.807) is 12.1 Å². The fourth-order valence-corrected chi connectivity index (χ4v) is 1.31. The second-order valence-electron chi connectivity index (χ2n) is 3.08. The lowest BCUT2D eigenvalue weighted by atomic mass is 10.3. The van der Waals surface area contributed by atoms with Crippen molar-refractivity contribution in [3.05, 3.63) is 47.4 Å². The molecule has 0 bridgehead atoms. The lowest BCUT2D eigenvalue weighted by Crippen LogP contribution is -1.93. The van der Waals surface area contributed by atoms with Crippen LogP contribution in [0.1, 0.15) is 0 Å². The van der Waals surface area contributed by atoms with Gasteiger partial charge in [0.15, 0.2) is 11.6 Å². The van der Waals surface area contributed by atoms with Gasteiger partial charge in [-0.1, -0.05) is 11.6 Å². The van der Waals surface area contributed by atoms with Crippen molar-refractivity contribution in [2.75, 3.05) is 5.73 Å². The average Bonchev–Trinajstić information content (AvgIpc) is 2.25. The van der Waals surface area contributed by atoms with Gasteiger partial charge in [-0.3, -0.25) is 0 Å². The van der Waals surface area contributed by atoms with E-state index in [9.17, 15) is 4.39 Å². The number of aromatic nitrogens is 1. The van der Waals surface area contributed by atoms with E-state index in [1.165, 1.54) is 24.4 Å². The maximum Gasteiger partial charge on any atom is 0.238 e. The van der Waals surface area contributed by atoms with Crippen LogP contribution in [0.2, 0.25) is 5.02 Å². The van der Waals surface area contributed by atoms with E-state index in [2.05, 4.69) is 4.98 Å². The maximum atomic E-state index is 13.4. The van der Waals surface area contributed by atoms with Gasteiger partial charge in [-0.2, -0.15) is 0 Å². The maximum absolute atomic E-state index is 13.4. The number of ether oxygens (including phenoxy) is 1. The quantitative estimate of drug-likeness (QED) is 0.817. The Hall–Kier alpha value is -1.81. The summed E-state index contributed by atoms with van der Waals surface area (Å²) in [5.74, 6) is -0.357. The Labute approximate surface area is 96.6 Å². The highest BCUT2D eigenvalue weighted by Crippen LogP contribution is 2.28. The molecule has 0 saturated carbocycles. The summed E-state index contributed by atoms with van der Waals surface area (Å²) in [6.07, 6.45) is 1.51. The molecule has 16 heavy (non-hydrogen) atoms. The molecule has 2 N–H and O–H groups in total. The fraction of sp³-hybridized carbons (Fsp3) is 0. The molecule has 0 spiro atoms. The van der Waals surface area contributed by atoms with Crippen molar-refractivity contribution in [3.63, 3.8) is 0 Å². The fourth-order valence-electron chi connectivity index (χ4n) is 1.15.